The molecule has 1 aliphatic rings. The molecule has 0 bridgehead atoms. The van der Waals surface area contributed by atoms with Crippen LogP contribution in [0.1, 0.15) is 34.6 Å². The molecular weight excluding hydrogens is 438 g/mol. The van der Waals surface area contributed by atoms with Crippen molar-refractivity contribution in [1.82, 2.24) is 5.32 Å². The largest absolute Gasteiger partial charge is 0.449 e. The molecule has 0 saturated heterocycles. The van der Waals surface area contributed by atoms with Crippen molar-refractivity contribution in [3.63, 3.8) is 0 Å². The number of halogens is 1. The summed E-state index contributed by atoms with van der Waals surface area (Å²) in [4.78, 5) is 12.2. The molecule has 150 valence electrons. The topological polar surface area (TPSA) is 38.3 Å². The normalized spacial score (nSPS) is 11.8. The molecule has 0 unspecified atom stereocenters. The Labute approximate surface area is 185 Å². The molecule has 0 heterocycles. The molecular formula is C26H22BrNO2. The second kappa shape index (κ2) is 9.19. The molecule has 1 N–H and O–H groups in total. The Morgan fingerprint density at radius 1 is 1.03 bits per heavy atom. The van der Waals surface area contributed by atoms with Crippen LogP contribution in [0.3, 0.4) is 0 Å². The van der Waals surface area contributed by atoms with E-state index >= 15 is 0 Å². The molecule has 3 nitrogen and oxygen atoms in total. The molecule has 30 heavy (non-hydrogen) atoms. The summed E-state index contributed by atoms with van der Waals surface area (Å²) in [7, 11) is 0. The number of rotatable bonds is 4. The number of hydrogen-bond acceptors (Lipinski definition) is 2. The van der Waals surface area contributed by atoms with Crippen molar-refractivity contribution in [1.29, 1.82) is 0 Å². The Kier molecular flexibility index (Phi) is 6.21. The van der Waals surface area contributed by atoms with Crippen molar-refractivity contribution in [2.24, 2.45) is 0 Å². The molecule has 0 saturated carbocycles. The summed E-state index contributed by atoms with van der Waals surface area (Å²) in [5.41, 5.74) is 6.99. The first-order chi connectivity index (χ1) is 14.6. The van der Waals surface area contributed by atoms with Gasteiger partial charge in [0.05, 0.1) is 0 Å². The van der Waals surface area contributed by atoms with Crippen LogP contribution in [-0.4, -0.2) is 19.2 Å². The lowest BCUT2D eigenvalue weighted by atomic mass is 9.98. The maximum Gasteiger partial charge on any atom is 0.407 e. The Bertz CT molecular complexity index is 1100. The molecule has 0 aromatic heterocycles. The van der Waals surface area contributed by atoms with Crippen molar-refractivity contribution in [3.8, 4) is 23.0 Å². The van der Waals surface area contributed by atoms with E-state index in [0.29, 0.717) is 19.6 Å². The molecule has 0 fully saturated rings. The summed E-state index contributed by atoms with van der Waals surface area (Å²) in [6.45, 7) is 2.82. The van der Waals surface area contributed by atoms with Gasteiger partial charge in [0.15, 0.2) is 0 Å². The minimum atomic E-state index is -0.404. The highest BCUT2D eigenvalue weighted by atomic mass is 79.9. The third-order valence-corrected chi connectivity index (χ3v) is 6.14. The fourth-order valence-electron chi connectivity index (χ4n) is 3.76. The lowest BCUT2D eigenvalue weighted by Crippen LogP contribution is -2.26. The quantitative estimate of drug-likeness (QED) is 0.381. The summed E-state index contributed by atoms with van der Waals surface area (Å²) < 4.78 is 6.60. The number of ether oxygens (including phenoxy) is 1. The SMILES string of the molecule is Cc1cc(C#CCCNC(=O)OCC2c3ccccc3-c3ccccc32)ccc1Br. The first kappa shape index (κ1) is 20.3. The van der Waals surface area contributed by atoms with Gasteiger partial charge in [-0.1, -0.05) is 76.3 Å². The zero-order valence-corrected chi connectivity index (χ0v) is 18.3. The van der Waals surface area contributed by atoms with Crippen molar-refractivity contribution < 1.29 is 9.53 Å². The number of benzene rings is 3. The molecule has 1 aliphatic carbocycles. The van der Waals surface area contributed by atoms with Gasteiger partial charge in [-0.05, 0) is 52.9 Å². The van der Waals surface area contributed by atoms with Crippen LogP contribution in [-0.2, 0) is 4.74 Å². The smallest absolute Gasteiger partial charge is 0.407 e. The Balaban J connectivity index is 1.29. The van der Waals surface area contributed by atoms with E-state index in [9.17, 15) is 4.79 Å². The first-order valence-electron chi connectivity index (χ1n) is 9.97. The predicted molar refractivity (Wildman–Crippen MR) is 123 cm³/mol. The third-order valence-electron chi connectivity index (χ3n) is 5.25. The van der Waals surface area contributed by atoms with E-state index in [0.717, 1.165) is 15.6 Å². The summed E-state index contributed by atoms with van der Waals surface area (Å²) in [5.74, 6) is 6.29. The van der Waals surface area contributed by atoms with E-state index in [1.807, 2.05) is 49.4 Å². The van der Waals surface area contributed by atoms with E-state index in [1.54, 1.807) is 0 Å². The van der Waals surface area contributed by atoms with Crippen LogP contribution in [0.5, 0.6) is 0 Å². The van der Waals surface area contributed by atoms with Crippen molar-refractivity contribution in [2.45, 2.75) is 19.3 Å². The molecule has 1 amide bonds. The van der Waals surface area contributed by atoms with Gasteiger partial charge in [0.1, 0.15) is 6.61 Å². The average molecular weight is 460 g/mol. The van der Waals surface area contributed by atoms with Crippen molar-refractivity contribution in [2.75, 3.05) is 13.2 Å². The van der Waals surface area contributed by atoms with Crippen LogP contribution in [0.2, 0.25) is 0 Å². The number of carbonyl (C=O) groups is 1. The Morgan fingerprint density at radius 2 is 1.70 bits per heavy atom. The summed E-state index contributed by atoms with van der Waals surface area (Å²) in [6, 6.07) is 22.6. The number of nitrogens with one attached hydrogen (secondary N) is 1. The Morgan fingerprint density at radius 3 is 2.37 bits per heavy atom. The zero-order valence-electron chi connectivity index (χ0n) is 16.7. The lowest BCUT2D eigenvalue weighted by molar-refractivity contribution is 0.143. The zero-order chi connectivity index (χ0) is 20.9. The van der Waals surface area contributed by atoms with Crippen LogP contribution in [0.4, 0.5) is 4.79 Å². The van der Waals surface area contributed by atoms with Gasteiger partial charge in [0, 0.05) is 28.9 Å². The fourth-order valence-corrected chi connectivity index (χ4v) is 4.01. The minimum absolute atomic E-state index is 0.0728. The van der Waals surface area contributed by atoms with E-state index in [2.05, 4.69) is 57.4 Å². The first-order valence-corrected chi connectivity index (χ1v) is 10.8. The molecule has 4 rings (SSSR count). The third kappa shape index (κ3) is 4.42. The van der Waals surface area contributed by atoms with Gasteiger partial charge in [-0.25, -0.2) is 4.79 Å². The summed E-state index contributed by atoms with van der Waals surface area (Å²) >= 11 is 3.49. The van der Waals surface area contributed by atoms with Gasteiger partial charge in [-0.15, -0.1) is 0 Å². The number of fused-ring (bicyclic) bond motifs is 3. The molecule has 0 radical (unpaired) electrons. The van der Waals surface area contributed by atoms with Crippen LogP contribution in [0.25, 0.3) is 11.1 Å². The van der Waals surface area contributed by atoms with E-state index in [-0.39, 0.29) is 5.92 Å². The maximum atomic E-state index is 12.2. The number of aryl methyl sites for hydroxylation is 1. The molecule has 0 spiro atoms. The number of alkyl carbamates (subject to hydrolysis) is 1. The maximum absolute atomic E-state index is 12.2. The van der Waals surface area contributed by atoms with E-state index in [4.69, 9.17) is 4.74 Å². The monoisotopic (exact) mass is 459 g/mol. The lowest BCUT2D eigenvalue weighted by Gasteiger charge is -2.14. The van der Waals surface area contributed by atoms with Crippen LogP contribution >= 0.6 is 15.9 Å². The molecule has 0 atom stereocenters. The van der Waals surface area contributed by atoms with E-state index in [1.165, 1.54) is 22.3 Å². The molecule has 4 heteroatoms. The average Bonchev–Trinajstić information content (AvgIpc) is 3.08. The highest BCUT2D eigenvalue weighted by Crippen LogP contribution is 2.44. The predicted octanol–water partition coefficient (Wildman–Crippen LogP) is 6.04. The van der Waals surface area contributed by atoms with Gasteiger partial charge in [0.25, 0.3) is 0 Å². The van der Waals surface area contributed by atoms with Crippen LogP contribution < -0.4 is 5.32 Å². The van der Waals surface area contributed by atoms with Gasteiger partial charge in [-0.2, -0.15) is 0 Å². The van der Waals surface area contributed by atoms with Crippen LogP contribution in [0.15, 0.2) is 71.2 Å². The van der Waals surface area contributed by atoms with Gasteiger partial charge >= 0.3 is 6.09 Å². The van der Waals surface area contributed by atoms with Gasteiger partial charge in [0.2, 0.25) is 0 Å². The highest BCUT2D eigenvalue weighted by molar-refractivity contribution is 9.10. The number of hydrogen-bond donors (Lipinski definition) is 1. The number of carbonyl (C=O) groups excluding carboxylic acids is 1. The van der Waals surface area contributed by atoms with Gasteiger partial charge < -0.3 is 10.1 Å². The van der Waals surface area contributed by atoms with Crippen LogP contribution in [0, 0.1) is 18.8 Å². The second-order valence-corrected chi connectivity index (χ2v) is 8.12. The fraction of sp³-hybridized carbons (Fsp3) is 0.192. The standard InChI is InChI=1S/C26H22BrNO2/c1-18-16-19(13-14-25(18)27)8-6-7-15-28-26(29)30-17-24-22-11-4-2-9-20(22)21-10-3-5-12-23(21)24/h2-5,9-14,16,24H,7,15,17H2,1H3,(H,28,29). The summed E-state index contributed by atoms with van der Waals surface area (Å²) in [5, 5.41) is 2.79. The summed E-state index contributed by atoms with van der Waals surface area (Å²) in [6.07, 6.45) is 0.164. The van der Waals surface area contributed by atoms with Crippen molar-refractivity contribution in [3.05, 3.63) is 93.5 Å². The second-order valence-electron chi connectivity index (χ2n) is 7.27. The van der Waals surface area contributed by atoms with E-state index < -0.39 is 6.09 Å². The minimum Gasteiger partial charge on any atom is -0.449 e. The highest BCUT2D eigenvalue weighted by Gasteiger charge is 2.28. The van der Waals surface area contributed by atoms with Gasteiger partial charge in [-0.3, -0.25) is 0 Å². The Hall–Kier alpha value is -3.03. The van der Waals surface area contributed by atoms with Crippen molar-refractivity contribution >= 4 is 22.0 Å². The molecule has 3 aromatic carbocycles. The number of amides is 1. The molecule has 0 aliphatic heterocycles. The molecule has 3 aromatic rings.